The van der Waals surface area contributed by atoms with E-state index in [1.54, 1.807) is 20.8 Å². The number of hydrogen-bond donors (Lipinski definition) is 2. The molecule has 4 rings (SSSR count). The van der Waals surface area contributed by atoms with Crippen molar-refractivity contribution in [2.24, 2.45) is 0 Å². The van der Waals surface area contributed by atoms with Gasteiger partial charge in [0.2, 0.25) is 0 Å². The number of esters is 1. The highest BCUT2D eigenvalue weighted by atomic mass is 32.1. The monoisotopic (exact) mass is 553 g/mol. The van der Waals surface area contributed by atoms with Crippen LogP contribution in [0, 0.1) is 6.92 Å². The van der Waals surface area contributed by atoms with E-state index in [0.29, 0.717) is 24.3 Å². The second-order valence-electron chi connectivity index (χ2n) is 10.5. The molecule has 2 N–H and O–H groups in total. The first kappa shape index (κ1) is 28.1. The third kappa shape index (κ3) is 7.79. The quantitative estimate of drug-likeness (QED) is 0.370. The van der Waals surface area contributed by atoms with Crippen LogP contribution in [0.5, 0.6) is 0 Å². The molecule has 3 aromatic heterocycles. The van der Waals surface area contributed by atoms with Gasteiger partial charge in [-0.05, 0) is 58.1 Å². The number of carbonyl (C=O) groups is 2. The Morgan fingerprint density at radius 2 is 2.08 bits per heavy atom. The van der Waals surface area contributed by atoms with Crippen LogP contribution in [0.25, 0.3) is 11.2 Å². The maximum absolute atomic E-state index is 12.4. The van der Waals surface area contributed by atoms with E-state index in [-0.39, 0.29) is 6.61 Å². The Hall–Kier alpha value is -3.93. The largest absolute Gasteiger partial charge is 0.464 e. The molecule has 0 spiro atoms. The molecule has 0 saturated heterocycles. The fraction of sp³-hybridized carbons (Fsp3) is 0.444. The van der Waals surface area contributed by atoms with E-state index in [2.05, 4.69) is 43.2 Å². The maximum atomic E-state index is 12.4. The van der Waals surface area contributed by atoms with Crippen molar-refractivity contribution < 1.29 is 19.1 Å². The molecule has 1 aliphatic heterocycles. The van der Waals surface area contributed by atoms with Crippen molar-refractivity contribution in [3.05, 3.63) is 53.9 Å². The van der Waals surface area contributed by atoms with Gasteiger partial charge in [0.05, 0.1) is 29.3 Å². The highest BCUT2D eigenvalue weighted by Crippen LogP contribution is 2.28. The van der Waals surface area contributed by atoms with Gasteiger partial charge in [0.1, 0.15) is 17.2 Å². The summed E-state index contributed by atoms with van der Waals surface area (Å²) in [4.78, 5) is 35.6. The Morgan fingerprint density at radius 3 is 2.74 bits per heavy atom. The van der Waals surface area contributed by atoms with E-state index >= 15 is 0 Å². The molecule has 0 fully saturated rings. The van der Waals surface area contributed by atoms with Crippen molar-refractivity contribution in [1.29, 1.82) is 0 Å². The first-order valence-electron chi connectivity index (χ1n) is 12.8. The summed E-state index contributed by atoms with van der Waals surface area (Å²) in [6, 6.07) is 1.50. The average molecular weight is 554 g/mol. The van der Waals surface area contributed by atoms with Crippen molar-refractivity contribution in [1.82, 2.24) is 29.0 Å². The Labute approximate surface area is 232 Å². The topological polar surface area (TPSA) is 123 Å². The molecule has 0 bridgehead atoms. The van der Waals surface area contributed by atoms with Crippen molar-refractivity contribution in [3.63, 3.8) is 0 Å². The molecule has 0 saturated carbocycles. The molecule has 1 atom stereocenters. The zero-order chi connectivity index (χ0) is 28.2. The fourth-order valence-corrected chi connectivity index (χ4v) is 4.70. The third-order valence-corrected chi connectivity index (χ3v) is 6.51. The van der Waals surface area contributed by atoms with E-state index < -0.39 is 23.7 Å². The molecule has 1 aliphatic rings. The van der Waals surface area contributed by atoms with Gasteiger partial charge in [0.15, 0.2) is 11.5 Å². The second kappa shape index (κ2) is 11.9. The number of carbonyl (C=O) groups excluding carboxylic acids is 2. The van der Waals surface area contributed by atoms with Crippen molar-refractivity contribution in [2.75, 3.05) is 25.5 Å². The molecular weight excluding hydrogens is 518 g/mol. The van der Waals surface area contributed by atoms with Crippen molar-refractivity contribution in [2.45, 2.75) is 59.1 Å². The Bertz CT molecular complexity index is 1400. The maximum Gasteiger partial charge on any atom is 0.407 e. The van der Waals surface area contributed by atoms with E-state index in [4.69, 9.17) is 14.5 Å². The summed E-state index contributed by atoms with van der Waals surface area (Å²) in [5, 5.41) is 7.06. The Morgan fingerprint density at radius 1 is 1.28 bits per heavy atom. The number of alkyl carbamates (subject to hydrolysis) is 1. The van der Waals surface area contributed by atoms with Gasteiger partial charge in [-0.15, -0.1) is 0 Å². The third-order valence-electron chi connectivity index (χ3n) is 5.72. The molecule has 1 amide bonds. The number of allylic oxidation sites excluding steroid dienone is 2. The molecule has 11 nitrogen and oxygen atoms in total. The van der Waals surface area contributed by atoms with Gasteiger partial charge in [-0.1, -0.05) is 12.2 Å². The second-order valence-corrected chi connectivity index (χ2v) is 11.3. The minimum Gasteiger partial charge on any atom is -0.464 e. The Kier molecular flexibility index (Phi) is 8.54. The lowest BCUT2D eigenvalue weighted by atomic mass is 10.1. The van der Waals surface area contributed by atoms with Crippen molar-refractivity contribution in [3.8, 4) is 0 Å². The fourth-order valence-electron chi connectivity index (χ4n) is 4.04. The molecule has 1 unspecified atom stereocenters. The zero-order valence-electron chi connectivity index (χ0n) is 23.1. The van der Waals surface area contributed by atoms with E-state index in [1.807, 2.05) is 36.8 Å². The first-order valence-corrected chi connectivity index (χ1v) is 13.5. The first-order chi connectivity index (χ1) is 18.5. The minimum atomic E-state index is -0.646. The number of rotatable bonds is 9. The number of nitrogens with one attached hydrogen (secondary N) is 2. The van der Waals surface area contributed by atoms with E-state index in [0.717, 1.165) is 34.2 Å². The summed E-state index contributed by atoms with van der Waals surface area (Å²) >= 11 is 1.36. The molecule has 4 heterocycles. The zero-order valence-corrected chi connectivity index (χ0v) is 24.0. The summed E-state index contributed by atoms with van der Waals surface area (Å²) in [5.74, 6) is 0.187. The number of aromatic nitrogens is 4. The number of aryl methyl sites for hydroxylation is 2. The number of amides is 1. The van der Waals surface area contributed by atoms with Crippen LogP contribution in [0.2, 0.25) is 0 Å². The predicted molar refractivity (Wildman–Crippen MR) is 151 cm³/mol. The van der Waals surface area contributed by atoms with Crippen LogP contribution >= 0.6 is 11.5 Å². The number of hydrogen-bond acceptors (Lipinski definition) is 10. The van der Waals surface area contributed by atoms with Crippen molar-refractivity contribution >= 4 is 45.6 Å². The van der Waals surface area contributed by atoms with E-state index in [9.17, 15) is 9.59 Å². The van der Waals surface area contributed by atoms with Gasteiger partial charge < -0.3 is 25.0 Å². The summed E-state index contributed by atoms with van der Waals surface area (Å²) in [5.41, 5.74) is 3.70. The van der Waals surface area contributed by atoms with E-state index in [1.165, 1.54) is 18.5 Å². The molecule has 0 aliphatic carbocycles. The smallest absolute Gasteiger partial charge is 0.407 e. The number of ether oxygens (including phenoxy) is 2. The lowest BCUT2D eigenvalue weighted by Gasteiger charge is -2.23. The standard InChI is InChI=1S/C27H35N7O4S/c1-17-12-23(39-32-17)31-24-25-28-13-22(19-8-7-11-33(6)14-19)34(25)15-20(29-24)9-10-21(16-37-18(2)35)30-26(36)38-27(3,4)5/h7-8,12-15,21H,9-11,16H2,1-6H3,(H,29,31)(H,30,36). The van der Waals surface area contributed by atoms with Crippen LogP contribution < -0.4 is 10.6 Å². The van der Waals surface area contributed by atoms with Gasteiger partial charge in [0.25, 0.3) is 0 Å². The number of nitrogens with zero attached hydrogens (tertiary/aromatic N) is 5. The predicted octanol–water partition coefficient (Wildman–Crippen LogP) is 4.47. The summed E-state index contributed by atoms with van der Waals surface area (Å²) in [7, 11) is 2.03. The molecule has 0 radical (unpaired) electrons. The molecule has 12 heteroatoms. The summed E-state index contributed by atoms with van der Waals surface area (Å²) < 4.78 is 17.0. The average Bonchev–Trinajstić information content (AvgIpc) is 3.45. The van der Waals surface area contributed by atoms with Gasteiger partial charge in [-0.2, -0.15) is 4.37 Å². The number of fused-ring (bicyclic) bond motifs is 1. The number of anilines is 2. The summed E-state index contributed by atoms with van der Waals surface area (Å²) in [6.07, 6.45) is 10.5. The lowest BCUT2D eigenvalue weighted by molar-refractivity contribution is -0.141. The Balaban J connectivity index is 1.63. The SMILES string of the molecule is CC(=O)OCC(CCc1cn2c(C3=CN(C)CC=C3)cnc2c(Nc2cc(C)ns2)n1)NC(=O)OC(C)(C)C. The van der Waals surface area contributed by atoms with Crippen LogP contribution in [0.1, 0.15) is 51.2 Å². The highest BCUT2D eigenvalue weighted by molar-refractivity contribution is 7.10. The van der Waals surface area contributed by atoms with Gasteiger partial charge in [-0.3, -0.25) is 9.20 Å². The minimum absolute atomic E-state index is 0.0302. The van der Waals surface area contributed by atoms with Gasteiger partial charge in [-0.25, -0.2) is 14.8 Å². The highest BCUT2D eigenvalue weighted by Gasteiger charge is 2.22. The molecule has 3 aromatic rings. The molecule has 39 heavy (non-hydrogen) atoms. The molecule has 208 valence electrons. The number of likely N-dealkylation sites (N-methyl/N-ethyl adjacent to an activating group) is 1. The molecule has 0 aromatic carbocycles. The molecular formula is C27H35N7O4S. The van der Waals surface area contributed by atoms with Crippen LogP contribution in [-0.4, -0.2) is 67.5 Å². The van der Waals surface area contributed by atoms with Crippen LogP contribution in [-0.2, 0) is 20.7 Å². The normalized spacial score (nSPS) is 14.2. The summed E-state index contributed by atoms with van der Waals surface area (Å²) in [6.45, 7) is 9.54. The lowest BCUT2D eigenvalue weighted by Crippen LogP contribution is -2.42. The van der Waals surface area contributed by atoms with Crippen LogP contribution in [0.15, 0.2) is 36.8 Å². The number of imidazole rings is 1. The van der Waals surface area contributed by atoms with Gasteiger partial charge in [0, 0.05) is 38.5 Å². The van der Waals surface area contributed by atoms with Crippen LogP contribution in [0.3, 0.4) is 0 Å². The van der Waals surface area contributed by atoms with Crippen LogP contribution in [0.4, 0.5) is 15.6 Å². The van der Waals surface area contributed by atoms with Gasteiger partial charge >= 0.3 is 12.1 Å².